The number of ether oxygens (including phenoxy) is 2. The van der Waals surface area contributed by atoms with Gasteiger partial charge in [0.05, 0.1) is 13.2 Å². The molecule has 0 aliphatic rings. The number of hydrogen-bond acceptors (Lipinski definition) is 6. The highest BCUT2D eigenvalue weighted by atomic mass is 17.3. The first kappa shape index (κ1) is 18.8. The first-order valence-corrected chi connectivity index (χ1v) is 7.06. The second-order valence-electron chi connectivity index (χ2n) is 3.93. The molecule has 0 fully saturated rings. The molecule has 0 unspecified atom stereocenters. The summed E-state index contributed by atoms with van der Waals surface area (Å²) in [6, 6.07) is 0. The van der Waals surface area contributed by atoms with Gasteiger partial charge in [0.2, 0.25) is 6.79 Å². The Morgan fingerprint density at radius 3 is 1.42 bits per heavy atom. The lowest BCUT2D eigenvalue weighted by Gasteiger charge is -2.06. The molecule has 0 radical (unpaired) electrons. The lowest BCUT2D eigenvalue weighted by molar-refractivity contribution is -0.421. The Bertz CT molecular complexity index is 140. The van der Waals surface area contributed by atoms with Crippen molar-refractivity contribution < 1.29 is 29.0 Å². The van der Waals surface area contributed by atoms with E-state index in [0.717, 1.165) is 38.9 Å². The Morgan fingerprint density at radius 1 is 0.526 bits per heavy atom. The number of rotatable bonds is 16. The molecule has 0 aromatic rings. The molecule has 0 atom stereocenters. The van der Waals surface area contributed by atoms with Crippen molar-refractivity contribution in [2.75, 3.05) is 46.4 Å². The van der Waals surface area contributed by atoms with Gasteiger partial charge in [0, 0.05) is 13.2 Å². The predicted octanol–water partition coefficient (Wildman–Crippen LogP) is 2.47. The summed E-state index contributed by atoms with van der Waals surface area (Å²) in [6.07, 6.45) is 4.39. The molecule has 0 heterocycles. The lowest BCUT2D eigenvalue weighted by Crippen LogP contribution is -2.10. The predicted molar refractivity (Wildman–Crippen MR) is 70.4 cm³/mol. The SMILES string of the molecule is CCCCOCCOOCOOCCOCCCC. The Labute approximate surface area is 116 Å². The van der Waals surface area contributed by atoms with Crippen LogP contribution in [0.2, 0.25) is 0 Å². The summed E-state index contributed by atoms with van der Waals surface area (Å²) in [4.78, 5) is 19.1. The molecule has 0 saturated carbocycles. The fourth-order valence-corrected chi connectivity index (χ4v) is 1.09. The van der Waals surface area contributed by atoms with Crippen molar-refractivity contribution in [3.8, 4) is 0 Å². The highest BCUT2D eigenvalue weighted by molar-refractivity contribution is 4.32. The van der Waals surface area contributed by atoms with E-state index in [1.54, 1.807) is 0 Å². The summed E-state index contributed by atoms with van der Waals surface area (Å²) in [5, 5.41) is 0. The number of unbranched alkanes of at least 4 members (excludes halogenated alkanes) is 2. The minimum Gasteiger partial charge on any atom is -0.379 e. The van der Waals surface area contributed by atoms with E-state index in [2.05, 4.69) is 13.8 Å². The monoisotopic (exact) mass is 280 g/mol. The average Bonchev–Trinajstić information content (AvgIpc) is 2.43. The molecule has 0 rings (SSSR count). The molecule has 0 saturated heterocycles. The van der Waals surface area contributed by atoms with Crippen LogP contribution < -0.4 is 0 Å². The molecule has 116 valence electrons. The van der Waals surface area contributed by atoms with E-state index in [4.69, 9.17) is 29.0 Å². The van der Waals surface area contributed by atoms with Crippen molar-refractivity contribution in [2.45, 2.75) is 39.5 Å². The maximum atomic E-state index is 5.27. The van der Waals surface area contributed by atoms with Gasteiger partial charge in [-0.3, -0.25) is 0 Å². The van der Waals surface area contributed by atoms with Gasteiger partial charge in [-0.05, 0) is 12.8 Å². The van der Waals surface area contributed by atoms with Crippen LogP contribution in [0.1, 0.15) is 39.5 Å². The Balaban J connectivity index is 2.88. The fourth-order valence-electron chi connectivity index (χ4n) is 1.09. The van der Waals surface area contributed by atoms with E-state index < -0.39 is 0 Å². The Morgan fingerprint density at radius 2 is 1.00 bits per heavy atom. The summed E-state index contributed by atoms with van der Waals surface area (Å²) in [7, 11) is 0. The van der Waals surface area contributed by atoms with Crippen LogP contribution in [0.5, 0.6) is 0 Å². The van der Waals surface area contributed by atoms with Gasteiger partial charge in [-0.2, -0.15) is 0 Å². The van der Waals surface area contributed by atoms with E-state index >= 15 is 0 Å². The topological polar surface area (TPSA) is 55.4 Å². The van der Waals surface area contributed by atoms with Crippen molar-refractivity contribution in [1.82, 2.24) is 0 Å². The van der Waals surface area contributed by atoms with Gasteiger partial charge < -0.3 is 9.47 Å². The maximum absolute atomic E-state index is 5.27. The zero-order chi connectivity index (χ0) is 14.0. The van der Waals surface area contributed by atoms with Crippen LogP contribution in [0.4, 0.5) is 0 Å². The molecule has 0 aromatic carbocycles. The van der Waals surface area contributed by atoms with Crippen LogP contribution in [0.3, 0.4) is 0 Å². The standard InChI is InChI=1S/C13H28O6/c1-3-5-7-14-9-11-16-18-13-19-17-12-10-15-8-6-4-2/h3-13H2,1-2H3. The minimum absolute atomic E-state index is 0.0656. The number of hydrogen-bond donors (Lipinski definition) is 0. The van der Waals surface area contributed by atoms with Crippen LogP contribution in [-0.2, 0) is 29.0 Å². The Hall–Kier alpha value is -0.240. The van der Waals surface area contributed by atoms with Gasteiger partial charge >= 0.3 is 0 Å². The van der Waals surface area contributed by atoms with Gasteiger partial charge in [-0.25, -0.2) is 19.6 Å². The van der Waals surface area contributed by atoms with Crippen LogP contribution in [0, 0.1) is 0 Å². The van der Waals surface area contributed by atoms with Gasteiger partial charge in [-0.15, -0.1) is 0 Å². The van der Waals surface area contributed by atoms with Crippen LogP contribution in [0.25, 0.3) is 0 Å². The largest absolute Gasteiger partial charge is 0.379 e. The molecule has 0 spiro atoms. The molecule has 0 aliphatic heterocycles. The quantitative estimate of drug-likeness (QED) is 0.187. The molecule has 0 bridgehead atoms. The smallest absolute Gasteiger partial charge is 0.214 e. The third-order valence-electron chi connectivity index (χ3n) is 2.17. The molecule has 6 nitrogen and oxygen atoms in total. The van der Waals surface area contributed by atoms with E-state index in [0.29, 0.717) is 26.4 Å². The molecule has 0 amide bonds. The van der Waals surface area contributed by atoms with Crippen LogP contribution >= 0.6 is 0 Å². The summed E-state index contributed by atoms with van der Waals surface area (Å²) in [5.41, 5.74) is 0. The van der Waals surface area contributed by atoms with Crippen molar-refractivity contribution in [2.24, 2.45) is 0 Å². The van der Waals surface area contributed by atoms with Crippen LogP contribution in [-0.4, -0.2) is 46.4 Å². The van der Waals surface area contributed by atoms with E-state index in [-0.39, 0.29) is 6.79 Å². The third-order valence-corrected chi connectivity index (χ3v) is 2.17. The normalized spacial score (nSPS) is 11.1. The van der Waals surface area contributed by atoms with Gasteiger partial charge in [0.15, 0.2) is 0 Å². The molecule has 0 aromatic heterocycles. The van der Waals surface area contributed by atoms with Crippen molar-refractivity contribution in [1.29, 1.82) is 0 Å². The highest BCUT2D eigenvalue weighted by Crippen LogP contribution is 1.90. The van der Waals surface area contributed by atoms with E-state index in [1.807, 2.05) is 0 Å². The summed E-state index contributed by atoms with van der Waals surface area (Å²) >= 11 is 0. The maximum Gasteiger partial charge on any atom is 0.214 e. The zero-order valence-corrected chi connectivity index (χ0v) is 12.2. The third kappa shape index (κ3) is 17.8. The molecule has 6 heteroatoms. The van der Waals surface area contributed by atoms with Crippen molar-refractivity contribution in [3.05, 3.63) is 0 Å². The first-order chi connectivity index (χ1) is 9.41. The summed E-state index contributed by atoms with van der Waals surface area (Å²) in [6.45, 7) is 7.50. The molecular weight excluding hydrogens is 252 g/mol. The van der Waals surface area contributed by atoms with Crippen molar-refractivity contribution >= 4 is 0 Å². The van der Waals surface area contributed by atoms with E-state index in [9.17, 15) is 0 Å². The molecule has 0 N–H and O–H groups in total. The minimum atomic E-state index is -0.0656. The van der Waals surface area contributed by atoms with Crippen molar-refractivity contribution in [3.63, 3.8) is 0 Å². The first-order valence-electron chi connectivity index (χ1n) is 7.06. The fraction of sp³-hybridized carbons (Fsp3) is 1.00. The van der Waals surface area contributed by atoms with Gasteiger partial charge in [-0.1, -0.05) is 26.7 Å². The summed E-state index contributed by atoms with van der Waals surface area (Å²) in [5.74, 6) is 0. The second-order valence-corrected chi connectivity index (χ2v) is 3.93. The second kappa shape index (κ2) is 17.8. The molecule has 19 heavy (non-hydrogen) atoms. The Kier molecular flexibility index (Phi) is 17.5. The molecule has 0 aliphatic carbocycles. The van der Waals surface area contributed by atoms with E-state index in [1.165, 1.54) is 0 Å². The van der Waals surface area contributed by atoms with Gasteiger partial charge in [0.1, 0.15) is 13.2 Å². The van der Waals surface area contributed by atoms with Crippen LogP contribution in [0.15, 0.2) is 0 Å². The highest BCUT2D eigenvalue weighted by Gasteiger charge is 1.93. The summed E-state index contributed by atoms with van der Waals surface area (Å²) < 4.78 is 10.5. The van der Waals surface area contributed by atoms with Gasteiger partial charge in [0.25, 0.3) is 0 Å². The lowest BCUT2D eigenvalue weighted by atomic mass is 10.4. The molecular formula is C13H28O6. The zero-order valence-electron chi connectivity index (χ0n) is 12.2. The average molecular weight is 280 g/mol.